The van der Waals surface area contributed by atoms with E-state index in [1.807, 2.05) is 6.08 Å². The number of phosphoric ester groups is 1. The van der Waals surface area contributed by atoms with Crippen molar-refractivity contribution in [3.8, 4) is 0 Å². The average Bonchev–Trinajstić information content (AvgIpc) is 3.16. The highest BCUT2D eigenvalue weighted by atomic mass is 31.2. The van der Waals surface area contributed by atoms with Gasteiger partial charge in [0.25, 0.3) is 0 Å². The summed E-state index contributed by atoms with van der Waals surface area (Å²) in [5.74, 6) is -0.466. The standard InChI is InChI=1S/C45H85N2O7P/c1-3-5-7-9-11-13-15-17-19-20-21-23-24-26-28-30-32-34-36-42(48)40-45(50)47-43(41-54-55(51,52)53-39-38-46)44(49)37-35-33-31-29-27-25-22-18-16-14-12-10-8-6-4-2/h16,18,21,23,27,29,35,37,42-44,48-49H,3-15,17,19-20,22,24-26,28,30-34,36,38-41,46H2,1-2H3,(H,47,50)(H,51,52)/b18-16+,23-21-,29-27+,37-35+. The molecular weight excluding hydrogens is 711 g/mol. The number of aliphatic hydroxyl groups is 2. The van der Waals surface area contributed by atoms with E-state index in [1.165, 1.54) is 103 Å². The van der Waals surface area contributed by atoms with Gasteiger partial charge < -0.3 is 26.2 Å². The average molecular weight is 797 g/mol. The molecule has 0 heterocycles. The fourth-order valence-electron chi connectivity index (χ4n) is 6.26. The molecule has 0 aromatic carbocycles. The van der Waals surface area contributed by atoms with Gasteiger partial charge in [0.05, 0.1) is 37.9 Å². The second-order valence-corrected chi connectivity index (χ2v) is 16.5. The van der Waals surface area contributed by atoms with E-state index in [4.69, 9.17) is 14.8 Å². The molecule has 4 unspecified atom stereocenters. The number of nitrogens with two attached hydrogens (primary N) is 1. The molecule has 1 amide bonds. The number of hydrogen-bond acceptors (Lipinski definition) is 7. The Morgan fingerprint density at radius 3 is 1.51 bits per heavy atom. The summed E-state index contributed by atoms with van der Waals surface area (Å²) in [5.41, 5.74) is 5.36. The lowest BCUT2D eigenvalue weighted by Gasteiger charge is -2.24. The van der Waals surface area contributed by atoms with E-state index in [9.17, 15) is 24.5 Å². The van der Waals surface area contributed by atoms with Gasteiger partial charge >= 0.3 is 7.82 Å². The van der Waals surface area contributed by atoms with Crippen LogP contribution in [0, 0.1) is 0 Å². The molecule has 0 aliphatic heterocycles. The second-order valence-electron chi connectivity index (χ2n) is 15.1. The zero-order chi connectivity index (χ0) is 40.5. The topological polar surface area (TPSA) is 151 Å². The Labute approximate surface area is 337 Å². The molecule has 0 aliphatic rings. The molecule has 0 fully saturated rings. The van der Waals surface area contributed by atoms with Crippen molar-refractivity contribution >= 4 is 13.7 Å². The Hall–Kier alpha value is -1.58. The van der Waals surface area contributed by atoms with Crippen molar-refractivity contribution < 1.29 is 33.5 Å². The van der Waals surface area contributed by atoms with Crippen LogP contribution in [-0.4, -0.2) is 59.0 Å². The Morgan fingerprint density at radius 1 is 0.618 bits per heavy atom. The fraction of sp³-hybridized carbons (Fsp3) is 0.800. The number of rotatable bonds is 41. The summed E-state index contributed by atoms with van der Waals surface area (Å²) in [6.07, 6.45) is 46.3. The summed E-state index contributed by atoms with van der Waals surface area (Å²) in [6.45, 7) is 3.92. The lowest BCUT2D eigenvalue weighted by molar-refractivity contribution is -0.124. The Morgan fingerprint density at radius 2 is 1.04 bits per heavy atom. The smallest absolute Gasteiger partial charge is 0.393 e. The third-order valence-electron chi connectivity index (χ3n) is 9.66. The van der Waals surface area contributed by atoms with Gasteiger partial charge in [0, 0.05) is 6.54 Å². The number of phosphoric acid groups is 1. The molecule has 0 spiro atoms. The van der Waals surface area contributed by atoms with Gasteiger partial charge in [0.1, 0.15) is 0 Å². The fourth-order valence-corrected chi connectivity index (χ4v) is 7.02. The molecule has 0 bridgehead atoms. The van der Waals surface area contributed by atoms with E-state index < -0.39 is 38.6 Å². The lowest BCUT2D eigenvalue weighted by Crippen LogP contribution is -2.46. The highest BCUT2D eigenvalue weighted by molar-refractivity contribution is 7.47. The molecule has 9 nitrogen and oxygen atoms in total. The van der Waals surface area contributed by atoms with Gasteiger partial charge in [-0.1, -0.05) is 165 Å². The van der Waals surface area contributed by atoms with Crippen molar-refractivity contribution in [3.05, 3.63) is 48.6 Å². The summed E-state index contributed by atoms with van der Waals surface area (Å²) in [5, 5.41) is 24.0. The number of hydrogen-bond donors (Lipinski definition) is 5. The Balaban J connectivity index is 4.37. The van der Waals surface area contributed by atoms with Crippen molar-refractivity contribution in [1.82, 2.24) is 5.32 Å². The van der Waals surface area contributed by atoms with Crippen molar-refractivity contribution in [2.75, 3.05) is 19.8 Å². The van der Waals surface area contributed by atoms with E-state index >= 15 is 0 Å². The quantitative estimate of drug-likeness (QED) is 0.0233. The summed E-state index contributed by atoms with van der Waals surface area (Å²) < 4.78 is 22.1. The molecule has 322 valence electrons. The van der Waals surface area contributed by atoms with E-state index in [0.717, 1.165) is 57.8 Å². The first-order valence-corrected chi connectivity index (χ1v) is 23.8. The van der Waals surface area contributed by atoms with Crippen molar-refractivity contribution in [1.29, 1.82) is 0 Å². The maximum atomic E-state index is 12.8. The Bertz CT molecular complexity index is 1020. The molecule has 0 aliphatic carbocycles. The molecule has 10 heteroatoms. The van der Waals surface area contributed by atoms with Crippen molar-refractivity contribution in [2.45, 2.75) is 212 Å². The zero-order valence-electron chi connectivity index (χ0n) is 35.3. The van der Waals surface area contributed by atoms with E-state index in [-0.39, 0.29) is 19.6 Å². The molecular formula is C45H85N2O7P. The van der Waals surface area contributed by atoms with Crippen LogP contribution >= 0.6 is 7.82 Å². The second kappa shape index (κ2) is 40.6. The van der Waals surface area contributed by atoms with Gasteiger partial charge in [-0.2, -0.15) is 0 Å². The SMILES string of the molecule is CCCCCCC/C=C/CC/C=C/CC/C=C/C(O)C(COP(=O)(O)OCCN)NC(=O)CC(O)CCCCCCC/C=C\CCCCCCCCCCC. The molecule has 0 aromatic heterocycles. The van der Waals surface area contributed by atoms with Crippen LogP contribution in [-0.2, 0) is 18.4 Å². The molecule has 6 N–H and O–H groups in total. The van der Waals surface area contributed by atoms with Crippen LogP contribution in [0.5, 0.6) is 0 Å². The first kappa shape index (κ1) is 53.4. The minimum Gasteiger partial charge on any atom is -0.393 e. The van der Waals surface area contributed by atoms with E-state index in [2.05, 4.69) is 55.6 Å². The number of unbranched alkanes of at least 4 members (excludes halogenated alkanes) is 21. The van der Waals surface area contributed by atoms with E-state index in [0.29, 0.717) is 12.8 Å². The van der Waals surface area contributed by atoms with Gasteiger partial charge in [-0.3, -0.25) is 13.8 Å². The molecule has 0 radical (unpaired) electrons. The highest BCUT2D eigenvalue weighted by Gasteiger charge is 2.27. The molecule has 0 rings (SSSR count). The van der Waals surface area contributed by atoms with Gasteiger partial charge in [-0.05, 0) is 70.6 Å². The van der Waals surface area contributed by atoms with Crippen LogP contribution in [0.15, 0.2) is 48.6 Å². The maximum absolute atomic E-state index is 12.8. The zero-order valence-corrected chi connectivity index (χ0v) is 36.2. The van der Waals surface area contributed by atoms with Crippen LogP contribution in [0.25, 0.3) is 0 Å². The number of allylic oxidation sites excluding steroid dienone is 7. The largest absolute Gasteiger partial charge is 0.472 e. The molecule has 4 atom stereocenters. The molecule has 0 saturated heterocycles. The summed E-state index contributed by atoms with van der Waals surface area (Å²) in [7, 11) is -4.41. The first-order valence-electron chi connectivity index (χ1n) is 22.3. The lowest BCUT2D eigenvalue weighted by atomic mass is 10.0. The van der Waals surface area contributed by atoms with Crippen molar-refractivity contribution in [2.24, 2.45) is 5.73 Å². The van der Waals surface area contributed by atoms with Gasteiger partial charge in [-0.15, -0.1) is 0 Å². The first-order chi connectivity index (χ1) is 26.8. The summed E-state index contributed by atoms with van der Waals surface area (Å²) >= 11 is 0. The third-order valence-corrected chi connectivity index (χ3v) is 10.6. The van der Waals surface area contributed by atoms with Crippen LogP contribution in [0.2, 0.25) is 0 Å². The monoisotopic (exact) mass is 797 g/mol. The number of nitrogens with one attached hydrogen (secondary N) is 1. The minimum absolute atomic E-state index is 0.0402. The molecule has 0 saturated carbocycles. The van der Waals surface area contributed by atoms with Crippen molar-refractivity contribution in [3.63, 3.8) is 0 Å². The van der Waals surface area contributed by atoms with Gasteiger partial charge in [-0.25, -0.2) is 4.57 Å². The normalized spacial score (nSPS) is 15.1. The number of aliphatic hydroxyl groups excluding tert-OH is 2. The highest BCUT2D eigenvalue weighted by Crippen LogP contribution is 2.43. The van der Waals surface area contributed by atoms with Crippen LogP contribution in [0.1, 0.15) is 194 Å². The number of carbonyl (C=O) groups excluding carboxylic acids is 1. The van der Waals surface area contributed by atoms with Crippen LogP contribution in [0.4, 0.5) is 0 Å². The van der Waals surface area contributed by atoms with Crippen LogP contribution < -0.4 is 11.1 Å². The predicted molar refractivity (Wildman–Crippen MR) is 232 cm³/mol. The summed E-state index contributed by atoms with van der Waals surface area (Å²) in [6, 6.07) is -1.01. The molecule has 0 aromatic rings. The number of carbonyl (C=O) groups is 1. The third kappa shape index (κ3) is 39.0. The predicted octanol–water partition coefficient (Wildman–Crippen LogP) is 11.5. The van der Waals surface area contributed by atoms with Gasteiger partial charge in [0.2, 0.25) is 5.91 Å². The summed E-state index contributed by atoms with van der Waals surface area (Å²) in [4.78, 5) is 22.7. The Kier molecular flexibility index (Phi) is 39.4. The number of amides is 1. The minimum atomic E-state index is -4.41. The molecule has 55 heavy (non-hydrogen) atoms. The van der Waals surface area contributed by atoms with Crippen LogP contribution in [0.3, 0.4) is 0 Å². The van der Waals surface area contributed by atoms with E-state index in [1.54, 1.807) is 6.08 Å². The van der Waals surface area contributed by atoms with Gasteiger partial charge in [0.15, 0.2) is 0 Å². The maximum Gasteiger partial charge on any atom is 0.472 e.